The van der Waals surface area contributed by atoms with Crippen LogP contribution in [0.2, 0.25) is 0 Å². The Bertz CT molecular complexity index is 1050. The zero-order valence-corrected chi connectivity index (χ0v) is 15.8. The molecule has 3 aromatic rings. The number of aliphatic carboxylic acids is 1. The fourth-order valence-electron chi connectivity index (χ4n) is 4.41. The van der Waals surface area contributed by atoms with E-state index >= 15 is 0 Å². The van der Waals surface area contributed by atoms with Gasteiger partial charge in [0.1, 0.15) is 11.4 Å². The van der Waals surface area contributed by atoms with E-state index in [0.717, 1.165) is 24.9 Å². The number of carboxylic acid groups (broad SMARTS) is 1. The summed E-state index contributed by atoms with van der Waals surface area (Å²) in [5.74, 6) is -0.453. The van der Waals surface area contributed by atoms with Crippen molar-refractivity contribution in [3.05, 3.63) is 60.5 Å². The molecule has 1 unspecified atom stereocenters. The number of piperidine rings is 1. The Kier molecular flexibility index (Phi) is 4.04. The molecule has 1 N–H and O–H groups in total. The topological polar surface area (TPSA) is 88.6 Å². The Morgan fingerprint density at radius 2 is 1.86 bits per heavy atom. The lowest BCUT2D eigenvalue weighted by Gasteiger charge is -2.32. The van der Waals surface area contributed by atoms with Gasteiger partial charge in [-0.05, 0) is 48.9 Å². The van der Waals surface area contributed by atoms with Crippen LogP contribution in [-0.2, 0) is 4.79 Å². The van der Waals surface area contributed by atoms with E-state index in [1.807, 2.05) is 41.3 Å². The largest absolute Gasteiger partial charge is 0.481 e. The second kappa shape index (κ2) is 6.62. The number of aromatic nitrogens is 2. The molecular formula is C22H21N3O4. The van der Waals surface area contributed by atoms with E-state index in [-0.39, 0.29) is 17.2 Å². The van der Waals surface area contributed by atoms with E-state index in [1.165, 1.54) is 0 Å². The number of furan rings is 1. The molecular weight excluding hydrogens is 370 g/mol. The number of amides is 1. The van der Waals surface area contributed by atoms with Crippen LogP contribution in [-0.4, -0.2) is 44.8 Å². The molecule has 1 spiro atoms. The monoisotopic (exact) mass is 391 g/mol. The first-order valence-corrected chi connectivity index (χ1v) is 9.79. The van der Waals surface area contributed by atoms with Gasteiger partial charge in [-0.15, -0.1) is 0 Å². The van der Waals surface area contributed by atoms with E-state index in [9.17, 15) is 14.7 Å². The number of rotatable bonds is 4. The Hall–Kier alpha value is -3.35. The van der Waals surface area contributed by atoms with Crippen LogP contribution in [0.1, 0.15) is 29.8 Å². The lowest BCUT2D eigenvalue weighted by atomic mass is 9.90. The van der Waals surface area contributed by atoms with Gasteiger partial charge in [-0.1, -0.05) is 18.2 Å². The standard InChI is InChI=1S/C22H21N3O4/c26-20(24-10-8-22(9-11-24)14-16(22)21(27)28)18-13-17(19-7-4-12-29-19)23-25(18)15-5-2-1-3-6-15/h1-7,12-13,16H,8-11,14H2,(H,27,28). The number of hydrogen-bond donors (Lipinski definition) is 1. The second-order valence-corrected chi connectivity index (χ2v) is 7.89. The SMILES string of the molecule is O=C(O)C1CC12CCN(C(=O)c1cc(-c3ccco3)nn1-c1ccccc1)CC2. The first-order valence-electron chi connectivity index (χ1n) is 9.79. The first-order chi connectivity index (χ1) is 14.1. The molecule has 5 rings (SSSR count). The number of hydrogen-bond acceptors (Lipinski definition) is 4. The van der Waals surface area contributed by atoms with E-state index in [4.69, 9.17) is 4.42 Å². The van der Waals surface area contributed by atoms with Crippen molar-refractivity contribution in [3.8, 4) is 17.1 Å². The second-order valence-electron chi connectivity index (χ2n) is 7.89. The summed E-state index contributed by atoms with van der Waals surface area (Å²) in [7, 11) is 0. The highest BCUT2D eigenvalue weighted by Crippen LogP contribution is 2.59. The minimum absolute atomic E-state index is 0.0958. The molecule has 0 bridgehead atoms. The first kappa shape index (κ1) is 17.7. The van der Waals surface area contributed by atoms with Crippen molar-refractivity contribution in [3.63, 3.8) is 0 Å². The van der Waals surface area contributed by atoms with Crippen molar-refractivity contribution in [1.82, 2.24) is 14.7 Å². The van der Waals surface area contributed by atoms with Gasteiger partial charge in [-0.3, -0.25) is 9.59 Å². The lowest BCUT2D eigenvalue weighted by molar-refractivity contribution is -0.139. The van der Waals surface area contributed by atoms with Crippen LogP contribution in [0.15, 0.2) is 59.2 Å². The number of benzene rings is 1. The van der Waals surface area contributed by atoms with Gasteiger partial charge in [-0.25, -0.2) is 4.68 Å². The summed E-state index contributed by atoms with van der Waals surface area (Å²) < 4.78 is 7.12. The fraction of sp³-hybridized carbons (Fsp3) is 0.318. The molecule has 1 saturated heterocycles. The molecule has 148 valence electrons. The Morgan fingerprint density at radius 1 is 1.10 bits per heavy atom. The van der Waals surface area contributed by atoms with E-state index in [2.05, 4.69) is 5.10 Å². The zero-order valence-electron chi connectivity index (χ0n) is 15.8. The molecule has 29 heavy (non-hydrogen) atoms. The van der Waals surface area contributed by atoms with Crippen LogP contribution in [0.3, 0.4) is 0 Å². The van der Waals surface area contributed by atoms with Crippen molar-refractivity contribution in [1.29, 1.82) is 0 Å². The fourth-order valence-corrected chi connectivity index (χ4v) is 4.41. The highest BCUT2D eigenvalue weighted by Gasteiger charge is 2.59. The van der Waals surface area contributed by atoms with Crippen LogP contribution in [0.4, 0.5) is 0 Å². The highest BCUT2D eigenvalue weighted by molar-refractivity contribution is 5.94. The molecule has 2 aromatic heterocycles. The van der Waals surface area contributed by atoms with Crippen LogP contribution in [0.5, 0.6) is 0 Å². The molecule has 1 aliphatic heterocycles. The molecule has 2 fully saturated rings. The number of para-hydroxylation sites is 1. The van der Waals surface area contributed by atoms with Gasteiger partial charge in [0.2, 0.25) is 0 Å². The molecule has 1 saturated carbocycles. The smallest absolute Gasteiger partial charge is 0.307 e. The number of nitrogens with zero attached hydrogens (tertiary/aromatic N) is 3. The van der Waals surface area contributed by atoms with Gasteiger partial charge < -0.3 is 14.4 Å². The van der Waals surface area contributed by atoms with Crippen molar-refractivity contribution in [2.45, 2.75) is 19.3 Å². The van der Waals surface area contributed by atoms with Crippen LogP contribution >= 0.6 is 0 Å². The molecule has 3 heterocycles. The molecule has 7 nitrogen and oxygen atoms in total. The summed E-state index contributed by atoms with van der Waals surface area (Å²) >= 11 is 0. The molecule has 1 aliphatic carbocycles. The van der Waals surface area contributed by atoms with Gasteiger partial charge >= 0.3 is 5.97 Å². The van der Waals surface area contributed by atoms with Gasteiger partial charge in [0.25, 0.3) is 5.91 Å². The van der Waals surface area contributed by atoms with Crippen LogP contribution in [0.25, 0.3) is 17.1 Å². The summed E-state index contributed by atoms with van der Waals surface area (Å²) in [6.45, 7) is 1.14. The van der Waals surface area contributed by atoms with Gasteiger partial charge in [0.05, 0.1) is 17.9 Å². The number of carboxylic acids is 1. The van der Waals surface area contributed by atoms with Crippen molar-refractivity contribution < 1.29 is 19.1 Å². The maximum absolute atomic E-state index is 13.3. The van der Waals surface area contributed by atoms with Crippen LogP contribution < -0.4 is 0 Å². The maximum Gasteiger partial charge on any atom is 0.307 e. The summed E-state index contributed by atoms with van der Waals surface area (Å²) in [5.41, 5.74) is 1.77. The third kappa shape index (κ3) is 3.03. The number of likely N-dealkylation sites (tertiary alicyclic amines) is 1. The predicted octanol–water partition coefficient (Wildman–Crippen LogP) is 3.46. The van der Waals surface area contributed by atoms with Crippen molar-refractivity contribution in [2.24, 2.45) is 11.3 Å². The molecule has 0 radical (unpaired) electrons. The summed E-state index contributed by atoms with van der Waals surface area (Å²) in [4.78, 5) is 26.4. The van der Waals surface area contributed by atoms with Crippen molar-refractivity contribution >= 4 is 11.9 Å². The third-order valence-corrected chi connectivity index (χ3v) is 6.24. The molecule has 1 atom stereocenters. The molecule has 1 aromatic carbocycles. The average molecular weight is 391 g/mol. The van der Waals surface area contributed by atoms with Gasteiger partial charge in [0, 0.05) is 19.2 Å². The lowest BCUT2D eigenvalue weighted by Crippen LogP contribution is -2.40. The molecule has 7 heteroatoms. The highest BCUT2D eigenvalue weighted by atomic mass is 16.4. The zero-order chi connectivity index (χ0) is 20.0. The van der Waals surface area contributed by atoms with E-state index < -0.39 is 5.97 Å². The number of carbonyl (C=O) groups excluding carboxylic acids is 1. The maximum atomic E-state index is 13.3. The van der Waals surface area contributed by atoms with Gasteiger partial charge in [0.15, 0.2) is 5.76 Å². The minimum atomic E-state index is -0.713. The number of carbonyl (C=O) groups is 2. The van der Waals surface area contributed by atoms with Crippen molar-refractivity contribution in [2.75, 3.05) is 13.1 Å². The summed E-state index contributed by atoms with van der Waals surface area (Å²) in [6.07, 6.45) is 3.78. The Labute approximate surface area is 167 Å². The molecule has 2 aliphatic rings. The minimum Gasteiger partial charge on any atom is -0.481 e. The third-order valence-electron chi connectivity index (χ3n) is 6.24. The Morgan fingerprint density at radius 3 is 2.48 bits per heavy atom. The van der Waals surface area contributed by atoms with Crippen LogP contribution in [0, 0.1) is 11.3 Å². The van der Waals surface area contributed by atoms with Gasteiger partial charge in [-0.2, -0.15) is 5.10 Å². The normalized spacial score (nSPS) is 20.0. The Balaban J connectivity index is 1.43. The molecule has 1 amide bonds. The predicted molar refractivity (Wildman–Crippen MR) is 105 cm³/mol. The quantitative estimate of drug-likeness (QED) is 0.736. The van der Waals surface area contributed by atoms with E-state index in [0.29, 0.717) is 30.2 Å². The average Bonchev–Trinajstić information content (AvgIpc) is 3.12. The summed E-state index contributed by atoms with van der Waals surface area (Å²) in [6, 6.07) is 14.9. The van der Waals surface area contributed by atoms with E-state index in [1.54, 1.807) is 23.1 Å². The summed E-state index contributed by atoms with van der Waals surface area (Å²) in [5, 5.41) is 13.9.